The third-order valence-corrected chi connectivity index (χ3v) is 5.97. The van der Waals surface area contributed by atoms with Crippen molar-refractivity contribution in [1.29, 1.82) is 0 Å². The molecule has 2 aromatic heterocycles. The Morgan fingerprint density at radius 1 is 1.06 bits per heavy atom. The Morgan fingerprint density at radius 2 is 1.84 bits per heavy atom. The predicted molar refractivity (Wildman–Crippen MR) is 120 cm³/mol. The van der Waals surface area contributed by atoms with E-state index in [0.29, 0.717) is 24.3 Å². The molecule has 0 saturated heterocycles. The number of nitrogens with zero attached hydrogens (tertiary/aromatic N) is 5. The van der Waals surface area contributed by atoms with Crippen LogP contribution in [0.4, 0.5) is 0 Å². The molecule has 0 spiro atoms. The molecule has 1 unspecified atom stereocenters. The third-order valence-electron chi connectivity index (χ3n) is 5.97. The lowest BCUT2D eigenvalue weighted by molar-refractivity contribution is 0.0725. The van der Waals surface area contributed by atoms with Crippen LogP contribution in [0.1, 0.15) is 39.9 Å². The van der Waals surface area contributed by atoms with Gasteiger partial charge in [0.15, 0.2) is 0 Å². The lowest BCUT2D eigenvalue weighted by atomic mass is 9.84. The zero-order chi connectivity index (χ0) is 21.4. The van der Waals surface area contributed by atoms with Crippen LogP contribution in [0.25, 0.3) is 11.3 Å². The maximum atomic E-state index is 13.7. The monoisotopic (exact) mass is 411 g/mol. The molecule has 1 aliphatic heterocycles. The summed E-state index contributed by atoms with van der Waals surface area (Å²) in [5.41, 5.74) is 5.88. The number of aromatic nitrogens is 4. The molecule has 0 fully saturated rings. The molecule has 6 heteroatoms. The molecule has 0 saturated carbocycles. The van der Waals surface area contributed by atoms with Gasteiger partial charge < -0.3 is 4.90 Å². The molecule has 156 valence electrons. The highest BCUT2D eigenvalue weighted by Crippen LogP contribution is 2.34. The number of hydrogen-bond acceptors (Lipinski definition) is 3. The van der Waals surface area contributed by atoms with Gasteiger partial charge in [-0.25, -0.2) is 0 Å². The summed E-state index contributed by atoms with van der Waals surface area (Å²) in [6.07, 6.45) is 5.54. The Morgan fingerprint density at radius 3 is 2.61 bits per heavy atom. The van der Waals surface area contributed by atoms with E-state index in [-0.39, 0.29) is 11.8 Å². The Bertz CT molecular complexity index is 1220. The van der Waals surface area contributed by atoms with E-state index >= 15 is 0 Å². The molecule has 0 aliphatic carbocycles. The smallest absolute Gasteiger partial charge is 0.258 e. The molecule has 4 aromatic rings. The number of benzene rings is 2. The van der Waals surface area contributed by atoms with Gasteiger partial charge in [-0.05, 0) is 23.6 Å². The quantitative estimate of drug-likeness (QED) is 0.508. The first kappa shape index (κ1) is 19.3. The molecule has 5 rings (SSSR count). The van der Waals surface area contributed by atoms with E-state index in [1.807, 2.05) is 48.1 Å². The molecular formula is C25H25N5O. The number of carbonyl (C=O) groups excluding carboxylic acids is 1. The van der Waals surface area contributed by atoms with E-state index in [2.05, 4.69) is 52.7 Å². The Labute approximate surface area is 181 Å². The number of fused-ring (bicyclic) bond motifs is 1. The van der Waals surface area contributed by atoms with Gasteiger partial charge in [-0.2, -0.15) is 10.2 Å². The number of carbonyl (C=O) groups is 1. The van der Waals surface area contributed by atoms with Crippen molar-refractivity contribution in [2.45, 2.75) is 25.9 Å². The van der Waals surface area contributed by atoms with Gasteiger partial charge in [-0.15, -0.1) is 0 Å². The van der Waals surface area contributed by atoms with Crippen LogP contribution in [0.2, 0.25) is 0 Å². The second-order valence-corrected chi connectivity index (χ2v) is 8.00. The van der Waals surface area contributed by atoms with Crippen LogP contribution in [-0.4, -0.2) is 36.9 Å². The summed E-state index contributed by atoms with van der Waals surface area (Å²) in [6, 6.07) is 18.9. The number of hydrogen-bond donors (Lipinski definition) is 0. The van der Waals surface area contributed by atoms with Gasteiger partial charge >= 0.3 is 0 Å². The van der Waals surface area contributed by atoms with Crippen LogP contribution in [0, 0.1) is 0 Å². The van der Waals surface area contributed by atoms with Gasteiger partial charge in [0.1, 0.15) is 5.69 Å². The van der Waals surface area contributed by atoms with Crippen LogP contribution >= 0.6 is 0 Å². The Balaban J connectivity index is 1.52. The lowest BCUT2D eigenvalue weighted by Crippen LogP contribution is -2.38. The molecule has 1 atom stereocenters. The largest absolute Gasteiger partial charge is 0.333 e. The molecular weight excluding hydrogens is 386 g/mol. The zero-order valence-electron chi connectivity index (χ0n) is 17.8. The molecule has 3 heterocycles. The van der Waals surface area contributed by atoms with Crippen molar-refractivity contribution < 1.29 is 4.79 Å². The van der Waals surface area contributed by atoms with Crippen LogP contribution in [0.3, 0.4) is 0 Å². The van der Waals surface area contributed by atoms with Crippen molar-refractivity contribution in [1.82, 2.24) is 24.5 Å². The minimum atomic E-state index is 0.00258. The fraction of sp³-hybridized carbons (Fsp3) is 0.240. The van der Waals surface area contributed by atoms with E-state index in [0.717, 1.165) is 12.1 Å². The fourth-order valence-corrected chi connectivity index (χ4v) is 4.42. The summed E-state index contributed by atoms with van der Waals surface area (Å²) >= 11 is 0. The number of amides is 1. The maximum absolute atomic E-state index is 13.7. The van der Waals surface area contributed by atoms with Gasteiger partial charge in [-0.1, -0.05) is 54.6 Å². The highest BCUT2D eigenvalue weighted by atomic mass is 16.2. The summed E-state index contributed by atoms with van der Waals surface area (Å²) in [7, 11) is 1.85. The Kier molecular flexibility index (Phi) is 4.90. The predicted octanol–water partition coefficient (Wildman–Crippen LogP) is 4.09. The SMILES string of the molecule is CCn1cc(-c2nn(C)cc2C(=O)N2Cc3ccccc3C(c3ccccc3)C2)cn1. The second-order valence-electron chi connectivity index (χ2n) is 8.00. The first-order chi connectivity index (χ1) is 15.1. The van der Waals surface area contributed by atoms with Crippen LogP contribution in [0.5, 0.6) is 0 Å². The molecule has 1 aliphatic rings. The maximum Gasteiger partial charge on any atom is 0.258 e. The van der Waals surface area contributed by atoms with Crippen molar-refractivity contribution in [3.8, 4) is 11.3 Å². The average molecular weight is 412 g/mol. The molecule has 6 nitrogen and oxygen atoms in total. The zero-order valence-corrected chi connectivity index (χ0v) is 17.8. The van der Waals surface area contributed by atoms with Crippen molar-refractivity contribution in [3.05, 3.63) is 95.4 Å². The minimum Gasteiger partial charge on any atom is -0.333 e. The summed E-state index contributed by atoms with van der Waals surface area (Å²) in [5, 5.41) is 8.94. The first-order valence-corrected chi connectivity index (χ1v) is 10.6. The van der Waals surface area contributed by atoms with E-state index < -0.39 is 0 Å². The van der Waals surface area contributed by atoms with Crippen molar-refractivity contribution in [2.24, 2.45) is 7.05 Å². The van der Waals surface area contributed by atoms with Crippen LogP contribution in [0.15, 0.2) is 73.2 Å². The van der Waals surface area contributed by atoms with Crippen molar-refractivity contribution >= 4 is 5.91 Å². The number of rotatable bonds is 4. The normalized spacial score (nSPS) is 15.7. The highest BCUT2D eigenvalue weighted by molar-refractivity contribution is 6.00. The molecule has 1 amide bonds. The van der Waals surface area contributed by atoms with E-state index in [1.165, 1.54) is 16.7 Å². The molecule has 0 radical (unpaired) electrons. The molecule has 2 aromatic carbocycles. The van der Waals surface area contributed by atoms with Gasteiger partial charge in [0, 0.05) is 50.6 Å². The number of aryl methyl sites for hydroxylation is 2. The topological polar surface area (TPSA) is 56.0 Å². The standard InChI is InChI=1S/C25H25N5O/c1-3-30-15-20(13-26-30)24-23(16-28(2)27-24)25(31)29-14-19-11-7-8-12-21(19)22(17-29)18-9-5-4-6-10-18/h4-13,15-16,22H,3,14,17H2,1-2H3. The van der Waals surface area contributed by atoms with Crippen molar-refractivity contribution in [3.63, 3.8) is 0 Å². The minimum absolute atomic E-state index is 0.00258. The van der Waals surface area contributed by atoms with Crippen LogP contribution < -0.4 is 0 Å². The fourth-order valence-electron chi connectivity index (χ4n) is 4.42. The molecule has 0 N–H and O–H groups in total. The summed E-state index contributed by atoms with van der Waals surface area (Å²) in [4.78, 5) is 15.7. The van der Waals surface area contributed by atoms with Gasteiger partial charge in [0.25, 0.3) is 5.91 Å². The summed E-state index contributed by atoms with van der Waals surface area (Å²) < 4.78 is 3.55. The van der Waals surface area contributed by atoms with Crippen molar-refractivity contribution in [2.75, 3.05) is 6.54 Å². The second kappa shape index (κ2) is 7.87. The third kappa shape index (κ3) is 3.54. The van der Waals surface area contributed by atoms with Gasteiger partial charge in [-0.3, -0.25) is 14.2 Å². The molecule has 31 heavy (non-hydrogen) atoms. The van der Waals surface area contributed by atoms with Crippen LogP contribution in [-0.2, 0) is 20.1 Å². The average Bonchev–Trinajstić information content (AvgIpc) is 3.44. The summed E-state index contributed by atoms with van der Waals surface area (Å²) in [5.74, 6) is 0.154. The van der Waals surface area contributed by atoms with E-state index in [1.54, 1.807) is 10.9 Å². The molecule has 0 bridgehead atoms. The van der Waals surface area contributed by atoms with E-state index in [4.69, 9.17) is 0 Å². The van der Waals surface area contributed by atoms with E-state index in [9.17, 15) is 4.79 Å². The first-order valence-electron chi connectivity index (χ1n) is 10.6. The highest BCUT2D eigenvalue weighted by Gasteiger charge is 2.31. The lowest BCUT2D eigenvalue weighted by Gasteiger charge is -2.35. The summed E-state index contributed by atoms with van der Waals surface area (Å²) in [6.45, 7) is 4.05. The van der Waals surface area contributed by atoms with Gasteiger partial charge in [0.2, 0.25) is 0 Å². The van der Waals surface area contributed by atoms with Gasteiger partial charge in [0.05, 0.1) is 11.8 Å². The Hall–Kier alpha value is -3.67.